The van der Waals surface area contributed by atoms with Gasteiger partial charge in [0, 0.05) is 11.0 Å². The van der Waals surface area contributed by atoms with E-state index in [-0.39, 0.29) is 17.0 Å². The number of benzene rings is 1. The van der Waals surface area contributed by atoms with E-state index < -0.39 is 5.97 Å². The molecule has 108 valence electrons. The van der Waals surface area contributed by atoms with Crippen LogP contribution in [-0.2, 0) is 0 Å². The van der Waals surface area contributed by atoms with Crippen LogP contribution in [0.25, 0.3) is 0 Å². The van der Waals surface area contributed by atoms with Gasteiger partial charge in [-0.2, -0.15) is 0 Å². The second-order valence-electron chi connectivity index (χ2n) is 5.16. The molecular formula is C14H17BrN2O3. The number of hydrogen-bond acceptors (Lipinski definition) is 2. The zero-order valence-corrected chi connectivity index (χ0v) is 12.8. The van der Waals surface area contributed by atoms with E-state index in [0.29, 0.717) is 16.7 Å². The second-order valence-corrected chi connectivity index (χ2v) is 6.02. The lowest BCUT2D eigenvalue weighted by molar-refractivity contribution is 0.0697. The molecule has 6 heteroatoms. The van der Waals surface area contributed by atoms with Gasteiger partial charge in [0.15, 0.2) is 0 Å². The number of carboxylic acid groups (broad SMARTS) is 1. The zero-order valence-electron chi connectivity index (χ0n) is 11.2. The Hall–Kier alpha value is -1.56. The molecule has 0 heterocycles. The van der Waals surface area contributed by atoms with E-state index in [1.54, 1.807) is 6.07 Å². The highest BCUT2D eigenvalue weighted by Gasteiger charge is 2.40. The highest BCUT2D eigenvalue weighted by atomic mass is 79.9. The summed E-state index contributed by atoms with van der Waals surface area (Å²) in [5, 5.41) is 14.5. The average molecular weight is 341 g/mol. The Morgan fingerprint density at radius 2 is 2.10 bits per heavy atom. The summed E-state index contributed by atoms with van der Waals surface area (Å²) >= 11 is 3.29. The van der Waals surface area contributed by atoms with Crippen LogP contribution in [0.5, 0.6) is 0 Å². The van der Waals surface area contributed by atoms with Crippen LogP contribution in [0, 0.1) is 5.41 Å². The molecule has 0 atom stereocenters. The predicted molar refractivity (Wildman–Crippen MR) is 80.1 cm³/mol. The Bertz CT molecular complexity index is 541. The van der Waals surface area contributed by atoms with Crippen molar-refractivity contribution in [1.82, 2.24) is 5.32 Å². The van der Waals surface area contributed by atoms with Crippen molar-refractivity contribution < 1.29 is 14.7 Å². The third-order valence-electron chi connectivity index (χ3n) is 3.79. The fraction of sp³-hybridized carbons (Fsp3) is 0.429. The van der Waals surface area contributed by atoms with Crippen molar-refractivity contribution in [3.8, 4) is 0 Å². The van der Waals surface area contributed by atoms with Gasteiger partial charge in [-0.05, 0) is 58.8 Å². The number of nitrogens with one attached hydrogen (secondary N) is 2. The molecule has 1 fully saturated rings. The van der Waals surface area contributed by atoms with Crippen LogP contribution in [-0.4, -0.2) is 23.7 Å². The van der Waals surface area contributed by atoms with Crippen LogP contribution in [0.2, 0.25) is 0 Å². The molecular weight excluding hydrogens is 324 g/mol. The molecule has 2 amide bonds. The van der Waals surface area contributed by atoms with Crippen molar-refractivity contribution >= 4 is 33.6 Å². The molecule has 5 nitrogen and oxygen atoms in total. The lowest BCUT2D eigenvalue weighted by Crippen LogP contribution is -2.33. The van der Waals surface area contributed by atoms with E-state index in [4.69, 9.17) is 5.11 Å². The summed E-state index contributed by atoms with van der Waals surface area (Å²) in [5.41, 5.74) is 0.858. The Morgan fingerprint density at radius 3 is 2.65 bits per heavy atom. The summed E-state index contributed by atoms with van der Waals surface area (Å²) in [5.74, 6) is -1.02. The maximum Gasteiger partial charge on any atom is 0.335 e. The maximum absolute atomic E-state index is 11.8. The van der Waals surface area contributed by atoms with Gasteiger partial charge in [-0.1, -0.05) is 6.92 Å². The van der Waals surface area contributed by atoms with Crippen LogP contribution >= 0.6 is 15.9 Å². The Morgan fingerprint density at radius 1 is 1.40 bits per heavy atom. The van der Waals surface area contributed by atoms with Crippen molar-refractivity contribution in [2.45, 2.75) is 26.2 Å². The number of urea groups is 1. The number of carbonyl (C=O) groups excluding carboxylic acids is 1. The first-order valence-corrected chi connectivity index (χ1v) is 7.33. The van der Waals surface area contributed by atoms with Crippen LogP contribution in [0.1, 0.15) is 36.5 Å². The van der Waals surface area contributed by atoms with Gasteiger partial charge in [-0.3, -0.25) is 0 Å². The first-order chi connectivity index (χ1) is 9.46. The van der Waals surface area contributed by atoms with E-state index in [2.05, 4.69) is 33.5 Å². The molecule has 0 bridgehead atoms. The molecule has 1 aliphatic carbocycles. The van der Waals surface area contributed by atoms with E-state index in [1.807, 2.05) is 0 Å². The number of carbonyl (C=O) groups is 2. The summed E-state index contributed by atoms with van der Waals surface area (Å²) in [6.07, 6.45) is 3.37. The van der Waals surface area contributed by atoms with E-state index >= 15 is 0 Å². The smallest absolute Gasteiger partial charge is 0.335 e. The quantitative estimate of drug-likeness (QED) is 0.767. The van der Waals surface area contributed by atoms with Crippen LogP contribution in [0.4, 0.5) is 10.5 Å². The minimum absolute atomic E-state index is 0.135. The summed E-state index contributed by atoms with van der Waals surface area (Å²) in [6.45, 7) is 2.78. The third-order valence-corrected chi connectivity index (χ3v) is 4.48. The normalized spacial score (nSPS) is 15.5. The number of amides is 2. The van der Waals surface area contributed by atoms with Gasteiger partial charge in [-0.15, -0.1) is 0 Å². The molecule has 0 aromatic heterocycles. The molecule has 1 aromatic rings. The van der Waals surface area contributed by atoms with Gasteiger partial charge in [0.1, 0.15) is 0 Å². The van der Waals surface area contributed by atoms with Crippen molar-refractivity contribution in [2.24, 2.45) is 5.41 Å². The topological polar surface area (TPSA) is 78.4 Å². The molecule has 3 N–H and O–H groups in total. The van der Waals surface area contributed by atoms with Gasteiger partial charge >= 0.3 is 12.0 Å². The molecule has 1 saturated carbocycles. The third kappa shape index (κ3) is 3.50. The Labute approximate surface area is 125 Å². The summed E-state index contributed by atoms with van der Waals surface area (Å²) in [7, 11) is 0. The minimum atomic E-state index is -1.02. The van der Waals surface area contributed by atoms with Crippen LogP contribution in [0.15, 0.2) is 22.7 Å². The molecule has 0 radical (unpaired) electrons. The highest BCUT2D eigenvalue weighted by Crippen LogP contribution is 2.47. The molecule has 0 unspecified atom stereocenters. The van der Waals surface area contributed by atoms with Crippen molar-refractivity contribution in [2.75, 3.05) is 11.9 Å². The molecule has 0 spiro atoms. The second kappa shape index (κ2) is 5.83. The SMILES string of the molecule is CCC1(CNC(=O)Nc2cc(C(=O)O)ccc2Br)CC1. The molecule has 20 heavy (non-hydrogen) atoms. The van der Waals surface area contributed by atoms with Crippen LogP contribution < -0.4 is 10.6 Å². The predicted octanol–water partition coefficient (Wildman–Crippen LogP) is 3.46. The number of anilines is 1. The number of halogens is 1. The van der Waals surface area contributed by atoms with Crippen molar-refractivity contribution in [3.05, 3.63) is 28.2 Å². The Balaban J connectivity index is 1.96. The standard InChI is InChI=1S/C14H17BrN2O3/c1-2-14(5-6-14)8-16-13(20)17-11-7-9(12(18)19)3-4-10(11)15/h3-4,7H,2,5-6,8H2,1H3,(H,18,19)(H2,16,17,20). The van der Waals surface area contributed by atoms with Crippen molar-refractivity contribution in [3.63, 3.8) is 0 Å². The van der Waals surface area contributed by atoms with Gasteiger partial charge in [-0.25, -0.2) is 9.59 Å². The van der Waals surface area contributed by atoms with Crippen LogP contribution in [0.3, 0.4) is 0 Å². The summed E-state index contributed by atoms with van der Waals surface area (Å²) < 4.78 is 0.647. The lowest BCUT2D eigenvalue weighted by Gasteiger charge is -2.14. The summed E-state index contributed by atoms with van der Waals surface area (Å²) in [4.78, 5) is 22.8. The number of carboxylic acids is 1. The zero-order chi connectivity index (χ0) is 14.8. The first-order valence-electron chi connectivity index (χ1n) is 6.53. The number of rotatable bonds is 5. The minimum Gasteiger partial charge on any atom is -0.478 e. The largest absolute Gasteiger partial charge is 0.478 e. The fourth-order valence-corrected chi connectivity index (χ4v) is 2.37. The average Bonchev–Trinajstić information content (AvgIpc) is 3.19. The molecule has 1 aliphatic rings. The molecule has 2 rings (SSSR count). The van der Waals surface area contributed by atoms with Gasteiger partial charge in [0.2, 0.25) is 0 Å². The Kier molecular flexibility index (Phi) is 4.32. The molecule has 0 aliphatic heterocycles. The lowest BCUT2D eigenvalue weighted by atomic mass is 10.0. The van der Waals surface area contributed by atoms with E-state index in [1.165, 1.54) is 12.1 Å². The van der Waals surface area contributed by atoms with Gasteiger partial charge < -0.3 is 15.7 Å². The monoisotopic (exact) mass is 340 g/mol. The maximum atomic E-state index is 11.8. The molecule has 1 aromatic carbocycles. The highest BCUT2D eigenvalue weighted by molar-refractivity contribution is 9.10. The summed E-state index contributed by atoms with van der Waals surface area (Å²) in [6, 6.07) is 4.20. The fourth-order valence-electron chi connectivity index (χ4n) is 2.02. The van der Waals surface area contributed by atoms with Gasteiger partial charge in [0.25, 0.3) is 0 Å². The van der Waals surface area contributed by atoms with E-state index in [0.717, 1.165) is 19.3 Å². The first kappa shape index (κ1) is 14.8. The molecule has 0 saturated heterocycles. The van der Waals surface area contributed by atoms with Gasteiger partial charge in [0.05, 0.1) is 11.3 Å². The van der Waals surface area contributed by atoms with E-state index in [9.17, 15) is 9.59 Å². The number of aromatic carboxylic acids is 1. The number of hydrogen-bond donors (Lipinski definition) is 3. The van der Waals surface area contributed by atoms with Crippen molar-refractivity contribution in [1.29, 1.82) is 0 Å².